The summed E-state index contributed by atoms with van der Waals surface area (Å²) in [4.78, 5) is 24.5. The van der Waals surface area contributed by atoms with Crippen LogP contribution in [0.25, 0.3) is 11.2 Å². The van der Waals surface area contributed by atoms with Crippen molar-refractivity contribution < 1.29 is 35.5 Å². The number of nitrogens with two attached hydrogens (primary N) is 1. The van der Waals surface area contributed by atoms with Gasteiger partial charge in [0.2, 0.25) is 0 Å². The second-order valence-electron chi connectivity index (χ2n) is 7.79. The van der Waals surface area contributed by atoms with Crippen molar-refractivity contribution in [3.63, 3.8) is 0 Å². The standard InChI is InChI=1S/C21H18F4N6O4S/c1-12(35-20(26)32)4-5-15-14(9-13(22)10-27-15)17-3-2-8-30(17)18-7-6-16-19(29-18)31(11-28-16)36(33,34)21(23,24)25/h6-7,9-12,17H,2-3,8H2,1H3,(H2,26,32)/t12-,17?/m1/s1. The molecule has 3 aromatic heterocycles. The Hall–Kier alpha value is -3.93. The highest BCUT2D eigenvalue weighted by atomic mass is 32.2. The molecule has 0 saturated carbocycles. The second kappa shape index (κ2) is 9.26. The van der Waals surface area contributed by atoms with Crippen LogP contribution in [0, 0.1) is 17.7 Å². The van der Waals surface area contributed by atoms with Gasteiger partial charge >= 0.3 is 21.6 Å². The number of halogens is 4. The topological polar surface area (TPSA) is 133 Å². The van der Waals surface area contributed by atoms with Gasteiger partial charge in [-0.1, -0.05) is 5.92 Å². The first kappa shape index (κ1) is 25.2. The van der Waals surface area contributed by atoms with Gasteiger partial charge in [0.1, 0.15) is 29.2 Å². The molecule has 3 aromatic rings. The van der Waals surface area contributed by atoms with E-state index in [9.17, 15) is 30.8 Å². The van der Waals surface area contributed by atoms with Gasteiger partial charge in [-0.05, 0) is 43.9 Å². The van der Waals surface area contributed by atoms with E-state index >= 15 is 0 Å². The third-order valence-corrected chi connectivity index (χ3v) is 6.75. The molecule has 1 saturated heterocycles. The Labute approximate surface area is 202 Å². The van der Waals surface area contributed by atoms with Crippen LogP contribution in [0.1, 0.15) is 37.1 Å². The Morgan fingerprint density at radius 2 is 2.06 bits per heavy atom. The van der Waals surface area contributed by atoms with Crippen LogP contribution < -0.4 is 10.6 Å². The summed E-state index contributed by atoms with van der Waals surface area (Å²) in [5.41, 5.74) is -0.551. The molecule has 15 heteroatoms. The first-order valence-corrected chi connectivity index (χ1v) is 11.9. The molecule has 10 nitrogen and oxygen atoms in total. The molecule has 2 N–H and O–H groups in total. The highest BCUT2D eigenvalue weighted by molar-refractivity contribution is 7.90. The molecule has 1 unspecified atom stereocenters. The van der Waals surface area contributed by atoms with E-state index in [-0.39, 0.29) is 21.0 Å². The van der Waals surface area contributed by atoms with Crippen molar-refractivity contribution in [2.45, 2.75) is 37.4 Å². The minimum atomic E-state index is -5.75. The molecule has 2 atom stereocenters. The van der Waals surface area contributed by atoms with Gasteiger partial charge in [0.15, 0.2) is 11.8 Å². The molecular weight excluding hydrogens is 508 g/mol. The molecule has 1 amide bonds. The Balaban J connectivity index is 1.75. The SMILES string of the molecule is C[C@H](C#Cc1ncc(F)cc1C1CCCN1c1ccc2ncn(S(=O)(=O)C(F)(F)F)c2n1)OC(N)=O. The smallest absolute Gasteiger partial charge is 0.433 e. The van der Waals surface area contributed by atoms with Crippen LogP contribution in [-0.4, -0.2) is 51.6 Å². The zero-order valence-electron chi connectivity index (χ0n) is 18.5. The lowest BCUT2D eigenvalue weighted by molar-refractivity contribution is -0.0445. The number of imidazole rings is 1. The lowest BCUT2D eigenvalue weighted by Gasteiger charge is -2.26. The fourth-order valence-corrected chi connectivity index (χ4v) is 4.62. The van der Waals surface area contributed by atoms with Gasteiger partial charge in [0.25, 0.3) is 0 Å². The minimum absolute atomic E-state index is 0.0162. The fraction of sp³-hybridized carbons (Fsp3) is 0.333. The average molecular weight is 526 g/mol. The molecule has 0 aromatic carbocycles. The van der Waals surface area contributed by atoms with Crippen molar-refractivity contribution in [1.29, 1.82) is 0 Å². The van der Waals surface area contributed by atoms with E-state index < -0.39 is 45.2 Å². The zero-order chi connectivity index (χ0) is 26.3. The summed E-state index contributed by atoms with van der Waals surface area (Å²) in [7, 11) is -5.75. The molecular formula is C21H18F4N6O4S. The Bertz CT molecular complexity index is 1500. The van der Waals surface area contributed by atoms with Crippen LogP contribution in [0.3, 0.4) is 0 Å². The molecule has 0 aliphatic carbocycles. The Morgan fingerprint density at radius 1 is 1.31 bits per heavy atom. The number of carbonyl (C=O) groups is 1. The first-order valence-electron chi connectivity index (χ1n) is 10.4. The quantitative estimate of drug-likeness (QED) is 0.405. The van der Waals surface area contributed by atoms with Crippen LogP contribution in [0.5, 0.6) is 0 Å². The summed E-state index contributed by atoms with van der Waals surface area (Å²) in [5, 5.41) is 0. The third-order valence-electron chi connectivity index (χ3n) is 5.38. The lowest BCUT2D eigenvalue weighted by atomic mass is 10.0. The number of fused-ring (bicyclic) bond motifs is 1. The van der Waals surface area contributed by atoms with Crippen molar-refractivity contribution in [1.82, 2.24) is 18.9 Å². The average Bonchev–Trinajstić information content (AvgIpc) is 3.44. The first-order chi connectivity index (χ1) is 16.9. The summed E-state index contributed by atoms with van der Waals surface area (Å²) in [6, 6.07) is 3.55. The van der Waals surface area contributed by atoms with Crippen molar-refractivity contribution in [2.24, 2.45) is 5.73 Å². The van der Waals surface area contributed by atoms with Gasteiger partial charge in [-0.3, -0.25) is 0 Å². The number of ether oxygens (including phenoxy) is 1. The van der Waals surface area contributed by atoms with E-state index in [0.717, 1.165) is 6.20 Å². The van der Waals surface area contributed by atoms with Crippen molar-refractivity contribution in [2.75, 3.05) is 11.4 Å². The van der Waals surface area contributed by atoms with Crippen molar-refractivity contribution in [3.05, 3.63) is 47.8 Å². The third kappa shape index (κ3) is 4.76. The van der Waals surface area contributed by atoms with Crippen LogP contribution >= 0.6 is 0 Å². The van der Waals surface area contributed by atoms with Gasteiger partial charge in [0, 0.05) is 12.1 Å². The number of amides is 1. The normalized spacial score (nSPS) is 17.0. The summed E-state index contributed by atoms with van der Waals surface area (Å²) in [5.74, 6) is 4.92. The minimum Gasteiger partial charge on any atom is -0.433 e. The van der Waals surface area contributed by atoms with Gasteiger partial charge in [-0.2, -0.15) is 21.6 Å². The van der Waals surface area contributed by atoms with Gasteiger partial charge in [-0.15, -0.1) is 0 Å². The zero-order valence-corrected chi connectivity index (χ0v) is 19.3. The number of pyridine rings is 2. The number of primary amides is 1. The maximum atomic E-state index is 14.1. The molecule has 0 radical (unpaired) electrons. The predicted molar refractivity (Wildman–Crippen MR) is 118 cm³/mol. The van der Waals surface area contributed by atoms with E-state index in [2.05, 4.69) is 26.8 Å². The summed E-state index contributed by atoms with van der Waals surface area (Å²) < 4.78 is 82.2. The molecule has 1 aliphatic rings. The molecule has 4 rings (SSSR count). The highest BCUT2D eigenvalue weighted by Gasteiger charge is 2.48. The number of rotatable bonds is 4. The van der Waals surface area contributed by atoms with Crippen LogP contribution in [0.4, 0.5) is 28.2 Å². The number of aromatic nitrogens is 4. The number of hydrogen-bond donors (Lipinski definition) is 1. The van der Waals surface area contributed by atoms with E-state index in [1.807, 2.05) is 0 Å². The van der Waals surface area contributed by atoms with E-state index in [1.165, 1.54) is 25.1 Å². The Morgan fingerprint density at radius 3 is 2.75 bits per heavy atom. The summed E-state index contributed by atoms with van der Waals surface area (Å²) >= 11 is 0. The molecule has 190 valence electrons. The van der Waals surface area contributed by atoms with E-state index in [0.29, 0.717) is 31.3 Å². The molecule has 0 spiro atoms. The Kier molecular flexibility index (Phi) is 6.48. The van der Waals surface area contributed by atoms with Crippen LogP contribution in [0.2, 0.25) is 0 Å². The number of anilines is 1. The molecule has 1 fully saturated rings. The van der Waals surface area contributed by atoms with Gasteiger partial charge in [-0.25, -0.2) is 28.1 Å². The number of carbonyl (C=O) groups excluding carboxylic acids is 1. The largest absolute Gasteiger partial charge is 0.517 e. The summed E-state index contributed by atoms with van der Waals surface area (Å²) in [6.07, 6.45) is 0.769. The molecule has 4 heterocycles. The molecule has 0 bridgehead atoms. The van der Waals surface area contributed by atoms with E-state index in [1.54, 1.807) is 4.90 Å². The fourth-order valence-electron chi connectivity index (χ4n) is 3.86. The van der Waals surface area contributed by atoms with Gasteiger partial charge in [0.05, 0.1) is 12.2 Å². The second-order valence-corrected chi connectivity index (χ2v) is 9.60. The molecule has 36 heavy (non-hydrogen) atoms. The lowest BCUT2D eigenvalue weighted by Crippen LogP contribution is -2.29. The monoisotopic (exact) mass is 526 g/mol. The van der Waals surface area contributed by atoms with Crippen molar-refractivity contribution >= 4 is 33.1 Å². The van der Waals surface area contributed by atoms with Crippen molar-refractivity contribution in [3.8, 4) is 11.8 Å². The van der Waals surface area contributed by atoms with Crippen LogP contribution in [0.15, 0.2) is 30.7 Å². The summed E-state index contributed by atoms with van der Waals surface area (Å²) in [6.45, 7) is 1.88. The number of alkyl halides is 3. The van der Waals surface area contributed by atoms with E-state index in [4.69, 9.17) is 10.5 Å². The number of nitrogens with zero attached hydrogens (tertiary/aromatic N) is 5. The van der Waals surface area contributed by atoms with Crippen LogP contribution in [-0.2, 0) is 14.8 Å². The maximum absolute atomic E-state index is 14.1. The number of hydrogen-bond acceptors (Lipinski definition) is 8. The maximum Gasteiger partial charge on any atom is 0.517 e. The van der Waals surface area contributed by atoms with Gasteiger partial charge < -0.3 is 15.4 Å². The molecule has 1 aliphatic heterocycles. The highest BCUT2D eigenvalue weighted by Crippen LogP contribution is 2.37. The predicted octanol–water partition coefficient (Wildman–Crippen LogP) is 2.84.